The highest BCUT2D eigenvalue weighted by molar-refractivity contribution is 9.06. The molecule has 0 aromatic carbocycles. The van der Waals surface area contributed by atoms with Gasteiger partial charge in [0.1, 0.15) is 0 Å². The van der Waals surface area contributed by atoms with Gasteiger partial charge in [0.25, 0.3) is 0 Å². The molecule has 36 valence electrons. The lowest BCUT2D eigenvalue weighted by Gasteiger charge is -1.89. The molecular formula is HBBr2O3. The molecule has 0 rings (SSSR count). The summed E-state index contributed by atoms with van der Waals surface area (Å²) in [6, 6.07) is 0. The molecule has 0 aromatic rings. The number of hydrogen-bond donors (Lipinski definition) is 1. The van der Waals surface area contributed by atoms with Crippen molar-refractivity contribution in [2.45, 2.75) is 0 Å². The second kappa shape index (κ2) is 4.07. The zero-order valence-electron chi connectivity index (χ0n) is 2.60. The molecule has 1 N–H and O–H groups in total. The van der Waals surface area contributed by atoms with Crippen LogP contribution in [0, 0.1) is 0 Å². The molecule has 0 aromatic heterocycles. The molecule has 0 aliphatic heterocycles. The van der Waals surface area contributed by atoms with E-state index in [-0.39, 0.29) is 0 Å². The summed E-state index contributed by atoms with van der Waals surface area (Å²) in [5, 5.41) is 8.13. The van der Waals surface area contributed by atoms with Crippen molar-refractivity contribution in [2.24, 2.45) is 0 Å². The lowest BCUT2D eigenvalue weighted by Crippen LogP contribution is -2.11. The Hall–Kier alpha value is 0.905. The Morgan fingerprint density at radius 3 is 1.67 bits per heavy atom. The standard InChI is InChI=1S/BBr2HO3/c2-5-1(4)6-3/h4H. The van der Waals surface area contributed by atoms with Crippen molar-refractivity contribution >= 4 is 39.8 Å². The minimum absolute atomic E-state index is 1.23. The molecule has 0 unspecified atom stereocenters. The molecule has 0 amide bonds. The maximum absolute atomic E-state index is 8.13. The third-order valence-corrected chi connectivity index (χ3v) is 0.792. The Morgan fingerprint density at radius 2 is 1.67 bits per heavy atom. The molecule has 0 aliphatic rings. The molecule has 0 spiro atoms. The van der Waals surface area contributed by atoms with Gasteiger partial charge in [0.15, 0.2) is 0 Å². The van der Waals surface area contributed by atoms with Crippen LogP contribution in [-0.4, -0.2) is 12.3 Å². The van der Waals surface area contributed by atoms with Crippen LogP contribution in [0.1, 0.15) is 0 Å². The van der Waals surface area contributed by atoms with Crippen molar-refractivity contribution < 1.29 is 12.5 Å². The first-order valence-electron chi connectivity index (χ1n) is 1.04. The van der Waals surface area contributed by atoms with Gasteiger partial charge < -0.3 is 12.5 Å². The lowest BCUT2D eigenvalue weighted by molar-refractivity contribution is 0.357. The second-order valence-electron chi connectivity index (χ2n) is 0.485. The summed E-state index contributed by atoms with van der Waals surface area (Å²) in [5.74, 6) is 0. The quantitative estimate of drug-likeness (QED) is 0.692. The normalized spacial score (nSPS) is 8.50. The summed E-state index contributed by atoms with van der Waals surface area (Å²) in [4.78, 5) is 0. The van der Waals surface area contributed by atoms with Crippen LogP contribution in [-0.2, 0) is 7.49 Å². The van der Waals surface area contributed by atoms with E-state index in [2.05, 4.69) is 40.0 Å². The summed E-state index contributed by atoms with van der Waals surface area (Å²) in [6.45, 7) is 0. The van der Waals surface area contributed by atoms with Crippen molar-refractivity contribution in [2.75, 3.05) is 0 Å². The molecule has 0 bridgehead atoms. The third kappa shape index (κ3) is 3.11. The fourth-order valence-corrected chi connectivity index (χ4v) is 0.371. The van der Waals surface area contributed by atoms with Crippen LogP contribution in [0.5, 0.6) is 0 Å². The molecule has 0 radical (unpaired) electrons. The van der Waals surface area contributed by atoms with Gasteiger partial charge in [0, 0.05) is 0 Å². The first kappa shape index (κ1) is 6.90. The minimum atomic E-state index is -1.23. The van der Waals surface area contributed by atoms with E-state index in [9.17, 15) is 0 Å². The average Bonchev–Trinajstić information content (AvgIpc) is 1.65. The molecular weight excluding hydrogens is 219 g/mol. The Labute approximate surface area is 52.7 Å². The first-order chi connectivity index (χ1) is 2.81. The Bertz CT molecular complexity index is 28.0. The van der Waals surface area contributed by atoms with Crippen LogP contribution >= 0.6 is 32.5 Å². The van der Waals surface area contributed by atoms with E-state index in [1.54, 1.807) is 0 Å². The SMILES string of the molecule is OB(OBr)OBr. The molecule has 0 fully saturated rings. The summed E-state index contributed by atoms with van der Waals surface area (Å²) in [7, 11) is -1.23. The molecule has 3 nitrogen and oxygen atoms in total. The third-order valence-electron chi connectivity index (χ3n) is 0.152. The van der Waals surface area contributed by atoms with Crippen molar-refractivity contribution in [3.8, 4) is 0 Å². The fourth-order valence-electron chi connectivity index (χ4n) is 0.0137. The van der Waals surface area contributed by atoms with Crippen molar-refractivity contribution in [3.63, 3.8) is 0 Å². The molecule has 6 heavy (non-hydrogen) atoms. The summed E-state index contributed by atoms with van der Waals surface area (Å²) in [5.41, 5.74) is 0. The van der Waals surface area contributed by atoms with Gasteiger partial charge in [-0.05, 0) is 0 Å². The number of hydrogen-bond acceptors (Lipinski definition) is 3. The highest BCUT2D eigenvalue weighted by atomic mass is 79.9. The van der Waals surface area contributed by atoms with Gasteiger partial charge in [-0.1, -0.05) is 0 Å². The maximum Gasteiger partial charge on any atom is 0.659 e. The predicted octanol–water partition coefficient (Wildman–Crippen LogP) is 0.617. The van der Waals surface area contributed by atoms with Crippen molar-refractivity contribution in [1.82, 2.24) is 0 Å². The zero-order valence-corrected chi connectivity index (χ0v) is 5.77. The van der Waals surface area contributed by atoms with E-state index < -0.39 is 7.32 Å². The van der Waals surface area contributed by atoms with Crippen LogP contribution in [0.4, 0.5) is 0 Å². The van der Waals surface area contributed by atoms with Crippen LogP contribution in [0.2, 0.25) is 0 Å². The molecule has 6 heteroatoms. The molecule has 0 saturated heterocycles. The topological polar surface area (TPSA) is 38.7 Å². The summed E-state index contributed by atoms with van der Waals surface area (Å²) >= 11 is 4.94. The zero-order chi connectivity index (χ0) is 4.99. The van der Waals surface area contributed by atoms with Gasteiger partial charge >= 0.3 is 7.32 Å². The van der Waals surface area contributed by atoms with Crippen LogP contribution in [0.15, 0.2) is 0 Å². The monoisotopic (exact) mass is 218 g/mol. The Balaban J connectivity index is 2.75. The molecule has 0 heterocycles. The van der Waals surface area contributed by atoms with E-state index in [4.69, 9.17) is 5.02 Å². The van der Waals surface area contributed by atoms with Gasteiger partial charge in [0.2, 0.25) is 0 Å². The summed E-state index contributed by atoms with van der Waals surface area (Å²) in [6.07, 6.45) is 0. The van der Waals surface area contributed by atoms with E-state index in [0.717, 1.165) is 0 Å². The maximum atomic E-state index is 8.13. The van der Waals surface area contributed by atoms with Gasteiger partial charge in [-0.25, -0.2) is 0 Å². The van der Waals surface area contributed by atoms with Gasteiger partial charge in [-0.3, -0.25) is 0 Å². The van der Waals surface area contributed by atoms with E-state index in [1.165, 1.54) is 0 Å². The largest absolute Gasteiger partial charge is 0.659 e. The van der Waals surface area contributed by atoms with Crippen molar-refractivity contribution in [3.05, 3.63) is 0 Å². The average molecular weight is 220 g/mol. The van der Waals surface area contributed by atoms with Crippen LogP contribution in [0.25, 0.3) is 0 Å². The number of halogens is 2. The van der Waals surface area contributed by atoms with E-state index in [0.29, 0.717) is 0 Å². The highest BCUT2D eigenvalue weighted by Crippen LogP contribution is 1.93. The molecule has 0 aliphatic carbocycles. The van der Waals surface area contributed by atoms with Crippen LogP contribution in [0.3, 0.4) is 0 Å². The second-order valence-corrected chi connectivity index (χ2v) is 1.23. The lowest BCUT2D eigenvalue weighted by atomic mass is 10.3. The smallest absolute Gasteiger partial charge is 0.400 e. The molecule has 0 atom stereocenters. The fraction of sp³-hybridized carbons (Fsp3) is 0. The Kier molecular flexibility index (Phi) is 4.69. The summed E-state index contributed by atoms with van der Waals surface area (Å²) < 4.78 is 8.00. The first-order valence-corrected chi connectivity index (χ1v) is 2.33. The minimum Gasteiger partial charge on any atom is -0.400 e. The number of rotatable bonds is 2. The van der Waals surface area contributed by atoms with Gasteiger partial charge in [0.05, 0.1) is 32.5 Å². The predicted molar refractivity (Wildman–Crippen MR) is 28.0 cm³/mol. The van der Waals surface area contributed by atoms with E-state index in [1.807, 2.05) is 0 Å². The Morgan fingerprint density at radius 1 is 1.33 bits per heavy atom. The van der Waals surface area contributed by atoms with Crippen molar-refractivity contribution in [1.29, 1.82) is 0 Å². The molecule has 0 saturated carbocycles. The van der Waals surface area contributed by atoms with Gasteiger partial charge in [-0.2, -0.15) is 0 Å². The van der Waals surface area contributed by atoms with Gasteiger partial charge in [-0.15, -0.1) is 0 Å². The van der Waals surface area contributed by atoms with Crippen LogP contribution < -0.4 is 0 Å². The van der Waals surface area contributed by atoms with E-state index >= 15 is 0 Å². The highest BCUT2D eigenvalue weighted by Gasteiger charge is 2.10.